The number of nitrogens with one attached hydrogen (secondary N) is 3. The van der Waals surface area contributed by atoms with E-state index in [-0.39, 0.29) is 0 Å². The van der Waals surface area contributed by atoms with Gasteiger partial charge in [0.15, 0.2) is 4.77 Å². The van der Waals surface area contributed by atoms with E-state index in [4.69, 9.17) is 12.2 Å². The number of rotatable bonds is 4. The van der Waals surface area contributed by atoms with Crippen molar-refractivity contribution in [3.05, 3.63) is 99.4 Å². The molecule has 0 bridgehead atoms. The second kappa shape index (κ2) is 10.1. The first kappa shape index (κ1) is 22.2. The summed E-state index contributed by atoms with van der Waals surface area (Å²) in [6.45, 7) is 6.50. The molecule has 0 fully saturated rings. The quantitative estimate of drug-likeness (QED) is 0.338. The number of aromatic amines is 3. The number of H-pyrrole nitrogens is 3. The molecule has 0 radical (unpaired) electrons. The lowest BCUT2D eigenvalue weighted by molar-refractivity contribution is 0.445. The number of aromatic nitrogens is 5. The molecule has 6 heteroatoms. The van der Waals surface area contributed by atoms with Crippen molar-refractivity contribution in [1.82, 2.24) is 24.9 Å². The predicted octanol–water partition coefficient (Wildman–Crippen LogP) is 5.99. The smallest absolute Gasteiger partial charge is 0.174 e. The Kier molecular flexibility index (Phi) is 7.00. The minimum Gasteiger partial charge on any atom is -0.348 e. The molecule has 5 rings (SSSR count). The Hall–Kier alpha value is -2.99. The van der Waals surface area contributed by atoms with Crippen LogP contribution in [0.25, 0.3) is 0 Å². The molecule has 3 aromatic heterocycles. The van der Waals surface area contributed by atoms with Crippen molar-refractivity contribution in [3.8, 4) is 0 Å². The highest BCUT2D eigenvalue weighted by Crippen LogP contribution is 2.27. The molecule has 1 aliphatic carbocycles. The van der Waals surface area contributed by atoms with Crippen LogP contribution >= 0.6 is 12.2 Å². The summed E-state index contributed by atoms with van der Waals surface area (Å²) in [4.78, 5) is 17.9. The molecule has 166 valence electrons. The van der Waals surface area contributed by atoms with Crippen molar-refractivity contribution in [2.45, 2.75) is 52.4 Å². The van der Waals surface area contributed by atoms with Gasteiger partial charge in [-0.3, -0.25) is 4.98 Å². The zero-order chi connectivity index (χ0) is 22.5. The molecule has 3 N–H and O–H groups in total. The molecule has 0 amide bonds. The first-order valence-corrected chi connectivity index (χ1v) is 11.7. The molecule has 0 saturated carbocycles. The van der Waals surface area contributed by atoms with Crippen LogP contribution in [0.15, 0.2) is 55.2 Å². The van der Waals surface area contributed by atoms with Crippen LogP contribution in [0.4, 0.5) is 0 Å². The average Bonchev–Trinajstić information content (AvgIpc) is 3.47. The third kappa shape index (κ3) is 5.25. The highest BCUT2D eigenvalue weighted by molar-refractivity contribution is 7.71. The Morgan fingerprint density at radius 3 is 2.78 bits per heavy atom. The zero-order valence-electron chi connectivity index (χ0n) is 19.0. The zero-order valence-corrected chi connectivity index (χ0v) is 19.8. The Balaban J connectivity index is 0.000000153. The molecule has 4 aromatic rings. The van der Waals surface area contributed by atoms with Crippen molar-refractivity contribution in [2.24, 2.45) is 5.92 Å². The minimum absolute atomic E-state index is 0.341. The van der Waals surface area contributed by atoms with Gasteiger partial charge >= 0.3 is 0 Å². The maximum atomic E-state index is 5.05. The summed E-state index contributed by atoms with van der Waals surface area (Å²) >= 11 is 5.05. The molecule has 3 heterocycles. The summed E-state index contributed by atoms with van der Waals surface area (Å²) < 4.78 is 0.687. The van der Waals surface area contributed by atoms with Crippen LogP contribution in [0.3, 0.4) is 0 Å². The van der Waals surface area contributed by atoms with Gasteiger partial charge in [-0.05, 0) is 86.0 Å². The number of benzene rings is 1. The number of nitrogens with zero attached hydrogens (tertiary/aromatic N) is 2. The highest BCUT2D eigenvalue weighted by Gasteiger charge is 2.19. The lowest BCUT2D eigenvalue weighted by Gasteiger charge is -2.22. The third-order valence-corrected chi connectivity index (χ3v) is 6.77. The molecular formula is C26H31N5S. The van der Waals surface area contributed by atoms with Gasteiger partial charge in [0.05, 0.1) is 6.33 Å². The molecule has 32 heavy (non-hydrogen) atoms. The fourth-order valence-electron chi connectivity index (χ4n) is 4.49. The highest BCUT2D eigenvalue weighted by atomic mass is 32.1. The summed E-state index contributed by atoms with van der Waals surface area (Å²) in [7, 11) is 0. The molecular weight excluding hydrogens is 414 g/mol. The maximum Gasteiger partial charge on any atom is 0.174 e. The molecule has 0 spiro atoms. The van der Waals surface area contributed by atoms with E-state index in [1.165, 1.54) is 46.5 Å². The largest absolute Gasteiger partial charge is 0.348 e. The van der Waals surface area contributed by atoms with Gasteiger partial charge in [-0.2, -0.15) is 0 Å². The van der Waals surface area contributed by atoms with Crippen LogP contribution in [0.2, 0.25) is 0 Å². The van der Waals surface area contributed by atoms with Crippen LogP contribution in [0.5, 0.6) is 0 Å². The SMILES string of the molecule is Cc1cccc([C@@H](C)c2c[nH]c(=S)[nH]2)c1C.c1cnc2c(c1)CC[C@@H](Cc1cnc[nH]1)C2. The second-order valence-electron chi connectivity index (χ2n) is 8.71. The van der Waals surface area contributed by atoms with E-state index < -0.39 is 0 Å². The van der Waals surface area contributed by atoms with Crippen LogP contribution < -0.4 is 0 Å². The molecule has 1 aromatic carbocycles. The van der Waals surface area contributed by atoms with Gasteiger partial charge in [0, 0.05) is 41.6 Å². The van der Waals surface area contributed by atoms with Gasteiger partial charge in [-0.1, -0.05) is 31.2 Å². The summed E-state index contributed by atoms with van der Waals surface area (Å²) in [5.74, 6) is 1.05. The number of imidazole rings is 2. The molecule has 0 aliphatic heterocycles. The number of hydrogen-bond donors (Lipinski definition) is 3. The average molecular weight is 446 g/mol. The lowest BCUT2D eigenvalue weighted by atomic mass is 9.84. The molecule has 5 nitrogen and oxygen atoms in total. The van der Waals surface area contributed by atoms with Gasteiger partial charge in [0.25, 0.3) is 0 Å². The Morgan fingerprint density at radius 2 is 2.03 bits per heavy atom. The Morgan fingerprint density at radius 1 is 1.16 bits per heavy atom. The summed E-state index contributed by atoms with van der Waals surface area (Å²) in [5, 5.41) is 0. The van der Waals surface area contributed by atoms with E-state index >= 15 is 0 Å². The second-order valence-corrected chi connectivity index (χ2v) is 9.12. The van der Waals surface area contributed by atoms with E-state index in [0.717, 1.165) is 18.5 Å². The van der Waals surface area contributed by atoms with Gasteiger partial charge in [0.2, 0.25) is 0 Å². The number of aryl methyl sites for hydroxylation is 2. The van der Waals surface area contributed by atoms with Crippen LogP contribution in [-0.4, -0.2) is 24.9 Å². The van der Waals surface area contributed by atoms with Crippen molar-refractivity contribution >= 4 is 12.2 Å². The van der Waals surface area contributed by atoms with E-state index in [9.17, 15) is 0 Å². The molecule has 1 aliphatic rings. The normalized spacial score (nSPS) is 16.0. The van der Waals surface area contributed by atoms with Crippen LogP contribution in [0, 0.1) is 24.5 Å². The van der Waals surface area contributed by atoms with Crippen molar-refractivity contribution in [2.75, 3.05) is 0 Å². The fraction of sp³-hybridized carbons (Fsp3) is 0.346. The van der Waals surface area contributed by atoms with Crippen molar-refractivity contribution < 1.29 is 0 Å². The van der Waals surface area contributed by atoms with E-state index in [1.54, 1.807) is 6.33 Å². The van der Waals surface area contributed by atoms with Crippen LogP contribution in [-0.2, 0) is 19.3 Å². The maximum absolute atomic E-state index is 5.05. The third-order valence-electron chi connectivity index (χ3n) is 6.55. The van der Waals surface area contributed by atoms with Gasteiger partial charge in [0.1, 0.15) is 0 Å². The molecule has 0 saturated heterocycles. The minimum atomic E-state index is 0.341. The Labute approximate surface area is 194 Å². The van der Waals surface area contributed by atoms with Gasteiger partial charge in [-0.15, -0.1) is 0 Å². The topological polar surface area (TPSA) is 73.2 Å². The summed E-state index contributed by atoms with van der Waals surface area (Å²) in [6.07, 6.45) is 12.2. The molecule has 0 unspecified atom stereocenters. The number of pyridine rings is 1. The fourth-order valence-corrected chi connectivity index (χ4v) is 4.67. The van der Waals surface area contributed by atoms with E-state index in [2.05, 4.69) is 70.0 Å². The molecule has 2 atom stereocenters. The summed E-state index contributed by atoms with van der Waals surface area (Å²) in [6, 6.07) is 10.7. The standard InChI is InChI=1S/C13H15N3.C13H16N2S/c1-2-11-4-3-10(7-13(11)15-5-1)6-12-8-14-9-16-12;1-8-5-4-6-11(9(8)2)10(3)12-7-14-13(16)15-12/h1-2,5,8-10H,3-4,6-7H2,(H,14,16);4-7,10H,1-3H3,(H2,14,15,16)/t2*10-/m01/s1. The lowest BCUT2D eigenvalue weighted by Crippen LogP contribution is -2.17. The van der Waals surface area contributed by atoms with Crippen LogP contribution in [0.1, 0.15) is 58.6 Å². The Bertz CT molecular complexity index is 1200. The van der Waals surface area contributed by atoms with E-state index in [0.29, 0.717) is 16.6 Å². The first-order valence-electron chi connectivity index (χ1n) is 11.2. The number of fused-ring (bicyclic) bond motifs is 1. The first-order chi connectivity index (χ1) is 15.5. The van der Waals surface area contributed by atoms with Gasteiger partial charge in [-0.25, -0.2) is 4.98 Å². The predicted molar refractivity (Wildman–Crippen MR) is 131 cm³/mol. The number of hydrogen-bond acceptors (Lipinski definition) is 3. The van der Waals surface area contributed by atoms with Gasteiger partial charge < -0.3 is 15.0 Å². The van der Waals surface area contributed by atoms with E-state index in [1.807, 2.05) is 24.7 Å². The monoisotopic (exact) mass is 445 g/mol. The van der Waals surface area contributed by atoms with Crippen molar-refractivity contribution in [1.29, 1.82) is 0 Å². The summed E-state index contributed by atoms with van der Waals surface area (Å²) in [5.41, 5.74) is 9.14. The van der Waals surface area contributed by atoms with Crippen molar-refractivity contribution in [3.63, 3.8) is 0 Å².